The lowest BCUT2D eigenvalue weighted by Gasteiger charge is -2.31. The Balaban J connectivity index is 2.21. The summed E-state index contributed by atoms with van der Waals surface area (Å²) < 4.78 is 5.45. The van der Waals surface area contributed by atoms with Crippen molar-refractivity contribution in [1.29, 1.82) is 0 Å². The van der Waals surface area contributed by atoms with E-state index in [0.29, 0.717) is 0 Å². The van der Waals surface area contributed by atoms with Crippen molar-refractivity contribution < 1.29 is 4.74 Å². The van der Waals surface area contributed by atoms with Gasteiger partial charge in [0.25, 0.3) is 0 Å². The number of fused-ring (bicyclic) bond motifs is 1. The predicted octanol–water partition coefficient (Wildman–Crippen LogP) is 2.69. The van der Waals surface area contributed by atoms with Gasteiger partial charge in [0.15, 0.2) is 0 Å². The van der Waals surface area contributed by atoms with Gasteiger partial charge in [-0.3, -0.25) is 4.98 Å². The molecular formula is C15H18N2O. The van der Waals surface area contributed by atoms with Crippen molar-refractivity contribution in [2.75, 3.05) is 31.2 Å². The Labute approximate surface area is 107 Å². The average Bonchev–Trinajstić information content (AvgIpc) is 2.41. The zero-order valence-corrected chi connectivity index (χ0v) is 10.9. The van der Waals surface area contributed by atoms with Gasteiger partial charge in [-0.25, -0.2) is 0 Å². The van der Waals surface area contributed by atoms with E-state index in [4.69, 9.17) is 4.74 Å². The van der Waals surface area contributed by atoms with Crippen LogP contribution in [0.2, 0.25) is 0 Å². The van der Waals surface area contributed by atoms with Gasteiger partial charge < -0.3 is 9.64 Å². The van der Waals surface area contributed by atoms with Crippen molar-refractivity contribution in [1.82, 2.24) is 4.98 Å². The van der Waals surface area contributed by atoms with Crippen LogP contribution in [0.15, 0.2) is 24.3 Å². The Hall–Kier alpha value is -1.61. The summed E-state index contributed by atoms with van der Waals surface area (Å²) >= 11 is 0. The Morgan fingerprint density at radius 1 is 1.11 bits per heavy atom. The highest BCUT2D eigenvalue weighted by atomic mass is 16.5. The van der Waals surface area contributed by atoms with E-state index < -0.39 is 0 Å². The summed E-state index contributed by atoms with van der Waals surface area (Å²) in [5.74, 6) is 0. The normalized spacial score (nSPS) is 16.2. The molecule has 3 nitrogen and oxygen atoms in total. The summed E-state index contributed by atoms with van der Waals surface area (Å²) in [6, 6.07) is 8.39. The van der Waals surface area contributed by atoms with Crippen molar-refractivity contribution in [3.63, 3.8) is 0 Å². The minimum absolute atomic E-state index is 0.815. The standard InChI is InChI=1S/C15H18N2O/c1-11-12(2)16-14-6-4-3-5-13(14)15(11)17-7-9-18-10-8-17/h3-6H,7-10H2,1-2H3. The lowest BCUT2D eigenvalue weighted by molar-refractivity contribution is 0.123. The molecule has 1 aliphatic rings. The van der Waals surface area contributed by atoms with Crippen LogP contribution in [0, 0.1) is 13.8 Å². The largest absolute Gasteiger partial charge is 0.378 e. The molecule has 94 valence electrons. The molecule has 2 aromatic rings. The summed E-state index contributed by atoms with van der Waals surface area (Å²) in [5.41, 5.74) is 4.83. The first-order valence-electron chi connectivity index (χ1n) is 6.46. The Morgan fingerprint density at radius 3 is 2.61 bits per heavy atom. The molecule has 1 fully saturated rings. The Bertz CT molecular complexity index is 574. The summed E-state index contributed by atoms with van der Waals surface area (Å²) in [6.07, 6.45) is 0. The van der Waals surface area contributed by atoms with Crippen LogP contribution in [0.25, 0.3) is 10.9 Å². The van der Waals surface area contributed by atoms with E-state index in [1.54, 1.807) is 0 Å². The number of hydrogen-bond donors (Lipinski definition) is 0. The van der Waals surface area contributed by atoms with Crippen molar-refractivity contribution in [3.8, 4) is 0 Å². The first-order valence-corrected chi connectivity index (χ1v) is 6.46. The molecule has 2 heterocycles. The van der Waals surface area contributed by atoms with E-state index in [2.05, 4.69) is 41.9 Å². The van der Waals surface area contributed by atoms with Gasteiger partial charge in [0.1, 0.15) is 0 Å². The number of hydrogen-bond acceptors (Lipinski definition) is 3. The third-order valence-corrected chi connectivity index (χ3v) is 3.67. The molecule has 0 radical (unpaired) electrons. The van der Waals surface area contributed by atoms with Gasteiger partial charge >= 0.3 is 0 Å². The number of aromatic nitrogens is 1. The molecule has 0 saturated carbocycles. The second-order valence-electron chi connectivity index (χ2n) is 4.79. The number of nitrogens with zero attached hydrogens (tertiary/aromatic N) is 2. The van der Waals surface area contributed by atoms with Crippen molar-refractivity contribution >= 4 is 16.6 Å². The molecule has 1 aromatic carbocycles. The number of aryl methyl sites for hydroxylation is 1. The third-order valence-electron chi connectivity index (χ3n) is 3.67. The highest BCUT2D eigenvalue weighted by Crippen LogP contribution is 2.31. The Morgan fingerprint density at radius 2 is 1.83 bits per heavy atom. The molecule has 0 bridgehead atoms. The summed E-state index contributed by atoms with van der Waals surface area (Å²) in [4.78, 5) is 7.10. The zero-order chi connectivity index (χ0) is 12.5. The first-order chi connectivity index (χ1) is 8.77. The summed E-state index contributed by atoms with van der Waals surface area (Å²) in [6.45, 7) is 7.82. The van der Waals surface area contributed by atoms with E-state index in [0.717, 1.165) is 37.5 Å². The van der Waals surface area contributed by atoms with Crippen molar-refractivity contribution in [2.24, 2.45) is 0 Å². The molecule has 0 N–H and O–H groups in total. The topological polar surface area (TPSA) is 25.4 Å². The van der Waals surface area contributed by atoms with Crippen LogP contribution < -0.4 is 4.90 Å². The molecule has 3 heteroatoms. The number of rotatable bonds is 1. The molecule has 3 rings (SSSR count). The number of anilines is 1. The minimum Gasteiger partial charge on any atom is -0.378 e. The van der Waals surface area contributed by atoms with Gasteiger partial charge in [-0.05, 0) is 25.5 Å². The van der Waals surface area contributed by atoms with E-state index in [1.807, 2.05) is 6.07 Å². The van der Waals surface area contributed by atoms with Crippen LogP contribution >= 0.6 is 0 Å². The van der Waals surface area contributed by atoms with E-state index in [-0.39, 0.29) is 0 Å². The number of pyridine rings is 1. The fourth-order valence-corrected chi connectivity index (χ4v) is 2.60. The summed E-state index contributed by atoms with van der Waals surface area (Å²) in [5, 5.41) is 1.25. The molecule has 0 amide bonds. The molecule has 1 saturated heterocycles. The quantitative estimate of drug-likeness (QED) is 0.768. The third kappa shape index (κ3) is 1.85. The molecule has 1 aromatic heterocycles. The molecule has 0 atom stereocenters. The van der Waals surface area contributed by atoms with Crippen LogP contribution in [0.3, 0.4) is 0 Å². The first kappa shape index (κ1) is 11.5. The minimum atomic E-state index is 0.815. The van der Waals surface area contributed by atoms with Gasteiger partial charge in [0.2, 0.25) is 0 Å². The predicted molar refractivity (Wildman–Crippen MR) is 74.2 cm³/mol. The number of benzene rings is 1. The van der Waals surface area contributed by atoms with Crippen molar-refractivity contribution in [3.05, 3.63) is 35.5 Å². The van der Waals surface area contributed by atoms with Gasteiger partial charge in [-0.15, -0.1) is 0 Å². The second-order valence-corrected chi connectivity index (χ2v) is 4.79. The van der Waals surface area contributed by atoms with E-state index in [9.17, 15) is 0 Å². The summed E-state index contributed by atoms with van der Waals surface area (Å²) in [7, 11) is 0. The van der Waals surface area contributed by atoms with E-state index >= 15 is 0 Å². The smallest absolute Gasteiger partial charge is 0.0726 e. The van der Waals surface area contributed by atoms with Crippen LogP contribution in [-0.2, 0) is 4.74 Å². The maximum atomic E-state index is 5.45. The molecular weight excluding hydrogens is 224 g/mol. The van der Waals surface area contributed by atoms with E-state index in [1.165, 1.54) is 16.6 Å². The van der Waals surface area contributed by atoms with Crippen LogP contribution in [0.1, 0.15) is 11.3 Å². The molecule has 0 aliphatic carbocycles. The fraction of sp³-hybridized carbons (Fsp3) is 0.400. The van der Waals surface area contributed by atoms with Crippen LogP contribution in [0.4, 0.5) is 5.69 Å². The monoisotopic (exact) mass is 242 g/mol. The highest BCUT2D eigenvalue weighted by Gasteiger charge is 2.17. The fourth-order valence-electron chi connectivity index (χ4n) is 2.60. The Kier molecular flexibility index (Phi) is 2.92. The van der Waals surface area contributed by atoms with Crippen molar-refractivity contribution in [2.45, 2.75) is 13.8 Å². The van der Waals surface area contributed by atoms with Crippen LogP contribution in [-0.4, -0.2) is 31.3 Å². The SMILES string of the molecule is Cc1nc2ccccc2c(N2CCOCC2)c1C. The van der Waals surface area contributed by atoms with Gasteiger partial charge in [-0.1, -0.05) is 18.2 Å². The van der Waals surface area contributed by atoms with Gasteiger partial charge in [0, 0.05) is 24.2 Å². The number of morpholine rings is 1. The molecule has 1 aliphatic heterocycles. The number of ether oxygens (including phenoxy) is 1. The van der Waals surface area contributed by atoms with Gasteiger partial charge in [-0.2, -0.15) is 0 Å². The lowest BCUT2D eigenvalue weighted by Crippen LogP contribution is -2.37. The molecule has 18 heavy (non-hydrogen) atoms. The maximum absolute atomic E-state index is 5.45. The number of para-hydroxylation sites is 1. The van der Waals surface area contributed by atoms with Crippen LogP contribution in [0.5, 0.6) is 0 Å². The molecule has 0 unspecified atom stereocenters. The second kappa shape index (κ2) is 4.58. The maximum Gasteiger partial charge on any atom is 0.0726 e. The zero-order valence-electron chi connectivity index (χ0n) is 10.9. The molecule has 0 spiro atoms. The van der Waals surface area contributed by atoms with Gasteiger partial charge in [0.05, 0.1) is 24.4 Å². The highest BCUT2D eigenvalue weighted by molar-refractivity contribution is 5.93. The average molecular weight is 242 g/mol. The lowest BCUT2D eigenvalue weighted by atomic mass is 10.1.